The lowest BCUT2D eigenvalue weighted by Gasteiger charge is -2.25. The first kappa shape index (κ1) is 17.6. The van der Waals surface area contributed by atoms with Crippen molar-refractivity contribution in [3.63, 3.8) is 0 Å². The van der Waals surface area contributed by atoms with Crippen LogP contribution in [-0.2, 0) is 6.42 Å². The van der Waals surface area contributed by atoms with Crippen molar-refractivity contribution < 1.29 is 9.90 Å². The van der Waals surface area contributed by atoms with Gasteiger partial charge >= 0.3 is 0 Å². The average Bonchev–Trinajstić information content (AvgIpc) is 3.10. The topological polar surface area (TPSA) is 53.4 Å². The van der Waals surface area contributed by atoms with Crippen molar-refractivity contribution in [2.45, 2.75) is 51.2 Å². The SMILES string of the molecule is CC(C)(O)CCc1ccc(C(=O)N2CCCC2c2cccnc2)cc1. The molecule has 1 aromatic carbocycles. The van der Waals surface area contributed by atoms with Gasteiger partial charge in [0.15, 0.2) is 0 Å². The van der Waals surface area contributed by atoms with Gasteiger partial charge in [-0.25, -0.2) is 0 Å². The second kappa shape index (κ2) is 7.36. The second-order valence-corrected chi connectivity index (χ2v) is 7.45. The Kier molecular flexibility index (Phi) is 5.19. The van der Waals surface area contributed by atoms with Gasteiger partial charge in [-0.2, -0.15) is 0 Å². The molecule has 0 spiro atoms. The Balaban J connectivity index is 1.70. The standard InChI is InChI=1S/C21H26N2O2/c1-21(2,25)12-11-16-7-9-17(10-8-16)20(24)23-14-4-6-19(23)18-5-3-13-22-15-18/h3,5,7-10,13,15,19,25H,4,6,11-12,14H2,1-2H3. The Bertz CT molecular complexity index is 705. The van der Waals surface area contributed by atoms with Crippen LogP contribution in [0.3, 0.4) is 0 Å². The molecule has 4 nitrogen and oxygen atoms in total. The van der Waals surface area contributed by atoms with Gasteiger partial charge in [0.25, 0.3) is 5.91 Å². The third-order valence-corrected chi connectivity index (χ3v) is 4.81. The average molecular weight is 338 g/mol. The summed E-state index contributed by atoms with van der Waals surface area (Å²) in [6.07, 6.45) is 7.14. The maximum absolute atomic E-state index is 12.9. The van der Waals surface area contributed by atoms with E-state index in [4.69, 9.17) is 0 Å². The van der Waals surface area contributed by atoms with Crippen molar-refractivity contribution >= 4 is 5.91 Å². The zero-order chi connectivity index (χ0) is 17.9. The number of hydrogen-bond acceptors (Lipinski definition) is 3. The van der Waals surface area contributed by atoms with E-state index in [2.05, 4.69) is 4.98 Å². The van der Waals surface area contributed by atoms with Crippen LogP contribution in [0.25, 0.3) is 0 Å². The number of aliphatic hydroxyl groups is 1. The van der Waals surface area contributed by atoms with Gasteiger partial charge in [0.2, 0.25) is 0 Å². The summed E-state index contributed by atoms with van der Waals surface area (Å²) in [6, 6.07) is 11.9. The van der Waals surface area contributed by atoms with Gasteiger partial charge in [-0.3, -0.25) is 9.78 Å². The van der Waals surface area contributed by atoms with Gasteiger partial charge in [-0.05, 0) is 68.9 Å². The number of carbonyl (C=O) groups is 1. The molecule has 1 N–H and O–H groups in total. The van der Waals surface area contributed by atoms with E-state index < -0.39 is 5.60 Å². The van der Waals surface area contributed by atoms with E-state index in [-0.39, 0.29) is 11.9 Å². The van der Waals surface area contributed by atoms with Crippen molar-refractivity contribution in [3.8, 4) is 0 Å². The number of aryl methyl sites for hydroxylation is 1. The minimum atomic E-state index is -0.666. The van der Waals surface area contributed by atoms with Gasteiger partial charge in [-0.15, -0.1) is 0 Å². The molecule has 1 amide bonds. The summed E-state index contributed by atoms with van der Waals surface area (Å²) in [7, 11) is 0. The van der Waals surface area contributed by atoms with Gasteiger partial charge in [-0.1, -0.05) is 18.2 Å². The van der Waals surface area contributed by atoms with E-state index in [1.807, 2.05) is 61.3 Å². The molecule has 1 unspecified atom stereocenters. The van der Waals surface area contributed by atoms with Crippen molar-refractivity contribution in [3.05, 3.63) is 65.5 Å². The minimum Gasteiger partial charge on any atom is -0.390 e. The van der Waals surface area contributed by atoms with E-state index in [1.54, 1.807) is 6.20 Å². The highest BCUT2D eigenvalue weighted by atomic mass is 16.3. The number of benzene rings is 1. The van der Waals surface area contributed by atoms with Crippen LogP contribution < -0.4 is 0 Å². The van der Waals surface area contributed by atoms with Crippen LogP contribution >= 0.6 is 0 Å². The summed E-state index contributed by atoms with van der Waals surface area (Å²) < 4.78 is 0. The Morgan fingerprint density at radius 3 is 2.68 bits per heavy atom. The summed E-state index contributed by atoms with van der Waals surface area (Å²) in [6.45, 7) is 4.42. The molecule has 3 rings (SSSR count). The van der Waals surface area contributed by atoms with E-state index in [0.29, 0.717) is 6.42 Å². The molecule has 1 fully saturated rings. The number of carbonyl (C=O) groups excluding carboxylic acids is 1. The van der Waals surface area contributed by atoms with Crippen LogP contribution in [0.5, 0.6) is 0 Å². The molecule has 1 aliphatic rings. The van der Waals surface area contributed by atoms with Gasteiger partial charge in [0.05, 0.1) is 11.6 Å². The van der Waals surface area contributed by atoms with E-state index in [9.17, 15) is 9.90 Å². The van der Waals surface area contributed by atoms with Crippen molar-refractivity contribution in [2.75, 3.05) is 6.54 Å². The lowest BCUT2D eigenvalue weighted by molar-refractivity contribution is 0.0710. The molecule has 1 saturated heterocycles. The molecule has 4 heteroatoms. The Hall–Kier alpha value is -2.20. The first-order valence-electron chi connectivity index (χ1n) is 8.96. The van der Waals surface area contributed by atoms with Crippen molar-refractivity contribution in [1.82, 2.24) is 9.88 Å². The largest absolute Gasteiger partial charge is 0.390 e. The number of aromatic nitrogens is 1. The van der Waals surface area contributed by atoms with Gasteiger partial charge < -0.3 is 10.0 Å². The molecule has 0 saturated carbocycles. The van der Waals surface area contributed by atoms with Crippen LogP contribution in [0, 0.1) is 0 Å². The fourth-order valence-electron chi connectivity index (χ4n) is 3.36. The number of pyridine rings is 1. The third-order valence-electron chi connectivity index (χ3n) is 4.81. The number of hydrogen-bond donors (Lipinski definition) is 1. The van der Waals surface area contributed by atoms with Crippen LogP contribution in [0.2, 0.25) is 0 Å². The smallest absolute Gasteiger partial charge is 0.254 e. The summed E-state index contributed by atoms with van der Waals surface area (Å²) in [5, 5.41) is 9.84. The lowest BCUT2D eigenvalue weighted by Crippen LogP contribution is -2.30. The maximum atomic E-state index is 12.9. The normalized spacial score (nSPS) is 17.7. The molecule has 132 valence electrons. The van der Waals surface area contributed by atoms with Crippen molar-refractivity contribution in [1.29, 1.82) is 0 Å². The Labute approximate surface area is 149 Å². The number of amides is 1. The predicted molar refractivity (Wildman–Crippen MR) is 98.3 cm³/mol. The van der Waals surface area contributed by atoms with E-state index >= 15 is 0 Å². The second-order valence-electron chi connectivity index (χ2n) is 7.45. The van der Waals surface area contributed by atoms with E-state index in [0.717, 1.165) is 42.5 Å². The fourth-order valence-corrected chi connectivity index (χ4v) is 3.36. The number of rotatable bonds is 5. The van der Waals surface area contributed by atoms with Crippen LogP contribution in [0.1, 0.15) is 60.6 Å². The minimum absolute atomic E-state index is 0.0837. The fraction of sp³-hybridized carbons (Fsp3) is 0.429. The van der Waals surface area contributed by atoms with Crippen molar-refractivity contribution in [2.24, 2.45) is 0 Å². The van der Waals surface area contributed by atoms with Crippen LogP contribution in [0.4, 0.5) is 0 Å². The van der Waals surface area contributed by atoms with E-state index in [1.165, 1.54) is 0 Å². The number of nitrogens with zero attached hydrogens (tertiary/aromatic N) is 2. The molecule has 25 heavy (non-hydrogen) atoms. The maximum Gasteiger partial charge on any atom is 0.254 e. The highest BCUT2D eigenvalue weighted by Crippen LogP contribution is 2.32. The third kappa shape index (κ3) is 4.45. The summed E-state index contributed by atoms with van der Waals surface area (Å²) in [5.74, 6) is 0.0837. The Morgan fingerprint density at radius 2 is 2.04 bits per heavy atom. The highest BCUT2D eigenvalue weighted by Gasteiger charge is 2.30. The summed E-state index contributed by atoms with van der Waals surface area (Å²) >= 11 is 0. The molecule has 1 aromatic heterocycles. The predicted octanol–water partition coefficient (Wildman–Crippen LogP) is 3.76. The summed E-state index contributed by atoms with van der Waals surface area (Å²) in [5.41, 5.74) is 2.31. The molecule has 2 aromatic rings. The van der Waals surface area contributed by atoms with Gasteiger partial charge in [0.1, 0.15) is 0 Å². The molecule has 1 atom stereocenters. The molecule has 0 aliphatic carbocycles. The summed E-state index contributed by atoms with van der Waals surface area (Å²) in [4.78, 5) is 19.1. The molecule has 0 bridgehead atoms. The number of likely N-dealkylation sites (tertiary alicyclic amines) is 1. The zero-order valence-corrected chi connectivity index (χ0v) is 15.0. The van der Waals surface area contributed by atoms with Gasteiger partial charge in [0, 0.05) is 24.5 Å². The molecular weight excluding hydrogens is 312 g/mol. The lowest BCUT2D eigenvalue weighted by atomic mass is 9.98. The highest BCUT2D eigenvalue weighted by molar-refractivity contribution is 5.94. The Morgan fingerprint density at radius 1 is 1.28 bits per heavy atom. The monoisotopic (exact) mass is 338 g/mol. The zero-order valence-electron chi connectivity index (χ0n) is 15.0. The van der Waals surface area contributed by atoms with Crippen LogP contribution in [-0.4, -0.2) is 33.0 Å². The molecule has 1 aliphatic heterocycles. The molecule has 0 radical (unpaired) electrons. The molecular formula is C21H26N2O2. The quantitative estimate of drug-likeness (QED) is 0.903. The first-order chi connectivity index (χ1) is 11.9. The molecule has 2 heterocycles. The first-order valence-corrected chi connectivity index (χ1v) is 8.96. The van der Waals surface area contributed by atoms with Crippen LogP contribution in [0.15, 0.2) is 48.8 Å².